The van der Waals surface area contributed by atoms with Gasteiger partial charge in [-0.1, -0.05) is 6.92 Å². The van der Waals surface area contributed by atoms with Crippen LogP contribution in [0.4, 0.5) is 0 Å². The molecule has 0 bridgehead atoms. The van der Waals surface area contributed by atoms with Gasteiger partial charge in [-0.25, -0.2) is 0 Å². The van der Waals surface area contributed by atoms with Gasteiger partial charge < -0.3 is 5.32 Å². The summed E-state index contributed by atoms with van der Waals surface area (Å²) in [5.41, 5.74) is -0.214. The first kappa shape index (κ1) is 11.3. The molecular formula is C12H19NO. The van der Waals surface area contributed by atoms with Gasteiger partial charge in [-0.05, 0) is 32.2 Å². The Morgan fingerprint density at radius 2 is 2.43 bits per heavy atom. The van der Waals surface area contributed by atoms with Crippen LogP contribution in [0.2, 0.25) is 0 Å². The maximum absolute atomic E-state index is 11.9. The van der Waals surface area contributed by atoms with Crippen molar-refractivity contribution in [3.05, 3.63) is 0 Å². The van der Waals surface area contributed by atoms with E-state index in [0.717, 1.165) is 32.2 Å². The van der Waals surface area contributed by atoms with Crippen LogP contribution in [-0.2, 0) is 4.79 Å². The molecular weight excluding hydrogens is 174 g/mol. The maximum atomic E-state index is 11.9. The van der Waals surface area contributed by atoms with E-state index in [9.17, 15) is 4.79 Å². The number of rotatable bonds is 5. The molecule has 1 unspecified atom stereocenters. The van der Waals surface area contributed by atoms with E-state index in [-0.39, 0.29) is 5.54 Å². The summed E-state index contributed by atoms with van der Waals surface area (Å²) in [5.74, 6) is 2.93. The van der Waals surface area contributed by atoms with Crippen molar-refractivity contribution in [1.82, 2.24) is 5.32 Å². The van der Waals surface area contributed by atoms with Crippen molar-refractivity contribution in [3.8, 4) is 12.3 Å². The topological polar surface area (TPSA) is 29.1 Å². The standard InChI is InChI=1S/C12H19NO/c1-3-5-6-8-11(14)12(4-2)9-7-10-13-12/h1,13H,4-10H2,2H3. The molecule has 1 aliphatic heterocycles. The number of carbonyl (C=O) groups is 1. The van der Waals surface area contributed by atoms with E-state index >= 15 is 0 Å². The zero-order valence-electron chi connectivity index (χ0n) is 8.94. The van der Waals surface area contributed by atoms with Crippen LogP contribution in [0.25, 0.3) is 0 Å². The summed E-state index contributed by atoms with van der Waals surface area (Å²) in [6.07, 6.45) is 10.4. The van der Waals surface area contributed by atoms with Gasteiger partial charge in [0, 0.05) is 12.8 Å². The van der Waals surface area contributed by atoms with Crippen molar-refractivity contribution in [2.24, 2.45) is 0 Å². The molecule has 1 heterocycles. The summed E-state index contributed by atoms with van der Waals surface area (Å²) in [5, 5.41) is 3.35. The fourth-order valence-electron chi connectivity index (χ4n) is 2.13. The molecule has 0 amide bonds. The normalized spacial score (nSPS) is 26.0. The third-order valence-electron chi connectivity index (χ3n) is 3.11. The average molecular weight is 193 g/mol. The third-order valence-corrected chi connectivity index (χ3v) is 3.11. The Hall–Kier alpha value is -0.810. The molecule has 1 N–H and O–H groups in total. The van der Waals surface area contributed by atoms with Crippen molar-refractivity contribution in [1.29, 1.82) is 0 Å². The molecule has 14 heavy (non-hydrogen) atoms. The highest BCUT2D eigenvalue weighted by Crippen LogP contribution is 2.25. The Morgan fingerprint density at radius 1 is 1.64 bits per heavy atom. The van der Waals surface area contributed by atoms with Crippen molar-refractivity contribution in [2.45, 2.75) is 51.0 Å². The fourth-order valence-corrected chi connectivity index (χ4v) is 2.13. The van der Waals surface area contributed by atoms with Gasteiger partial charge >= 0.3 is 0 Å². The Balaban J connectivity index is 2.44. The van der Waals surface area contributed by atoms with Gasteiger partial charge in [-0.2, -0.15) is 0 Å². The Labute approximate surface area is 86.5 Å². The molecule has 0 saturated carbocycles. The van der Waals surface area contributed by atoms with E-state index in [1.54, 1.807) is 0 Å². The lowest BCUT2D eigenvalue weighted by Gasteiger charge is -2.26. The second kappa shape index (κ2) is 5.17. The molecule has 1 aliphatic rings. The summed E-state index contributed by atoms with van der Waals surface area (Å²) in [6, 6.07) is 0. The van der Waals surface area contributed by atoms with Crippen LogP contribution in [0.1, 0.15) is 45.4 Å². The fraction of sp³-hybridized carbons (Fsp3) is 0.750. The van der Waals surface area contributed by atoms with Crippen molar-refractivity contribution < 1.29 is 4.79 Å². The predicted octanol–water partition coefficient (Wildman–Crippen LogP) is 1.89. The number of nitrogens with one attached hydrogen (secondary N) is 1. The van der Waals surface area contributed by atoms with Gasteiger partial charge in [-0.15, -0.1) is 12.3 Å². The predicted molar refractivity (Wildman–Crippen MR) is 57.9 cm³/mol. The summed E-state index contributed by atoms with van der Waals surface area (Å²) in [4.78, 5) is 11.9. The Kier molecular flexibility index (Phi) is 4.16. The highest BCUT2D eigenvalue weighted by atomic mass is 16.1. The number of Topliss-reactive ketones (excluding diaryl/α,β-unsaturated/α-hetero) is 1. The first-order chi connectivity index (χ1) is 6.75. The zero-order chi connectivity index (χ0) is 10.4. The molecule has 1 fully saturated rings. The lowest BCUT2D eigenvalue weighted by atomic mass is 9.87. The van der Waals surface area contributed by atoms with Gasteiger partial charge in [0.05, 0.1) is 5.54 Å². The molecule has 2 heteroatoms. The Morgan fingerprint density at radius 3 is 2.93 bits per heavy atom. The lowest BCUT2D eigenvalue weighted by molar-refractivity contribution is -0.125. The number of ketones is 1. The van der Waals surface area contributed by atoms with E-state index in [0.29, 0.717) is 18.6 Å². The molecule has 0 aromatic heterocycles. The molecule has 0 aromatic rings. The molecule has 1 rings (SSSR count). The number of carbonyl (C=O) groups excluding carboxylic acids is 1. The van der Waals surface area contributed by atoms with E-state index in [4.69, 9.17) is 6.42 Å². The number of unbranched alkanes of at least 4 members (excludes halogenated alkanes) is 1. The van der Waals surface area contributed by atoms with Crippen LogP contribution in [0.3, 0.4) is 0 Å². The number of terminal acetylenes is 1. The van der Waals surface area contributed by atoms with Crippen LogP contribution in [-0.4, -0.2) is 17.9 Å². The maximum Gasteiger partial charge on any atom is 0.152 e. The summed E-state index contributed by atoms with van der Waals surface area (Å²) in [6.45, 7) is 3.06. The number of hydrogen-bond donors (Lipinski definition) is 1. The van der Waals surface area contributed by atoms with E-state index in [1.807, 2.05) is 0 Å². The first-order valence-corrected chi connectivity index (χ1v) is 5.47. The van der Waals surface area contributed by atoms with Gasteiger partial charge in [0.15, 0.2) is 5.78 Å². The van der Waals surface area contributed by atoms with Gasteiger partial charge in [0.25, 0.3) is 0 Å². The monoisotopic (exact) mass is 193 g/mol. The smallest absolute Gasteiger partial charge is 0.152 e. The zero-order valence-corrected chi connectivity index (χ0v) is 8.94. The second-order valence-corrected chi connectivity index (χ2v) is 3.95. The largest absolute Gasteiger partial charge is 0.305 e. The molecule has 0 radical (unpaired) electrons. The van der Waals surface area contributed by atoms with E-state index in [1.165, 1.54) is 0 Å². The summed E-state index contributed by atoms with van der Waals surface area (Å²) in [7, 11) is 0. The minimum Gasteiger partial charge on any atom is -0.305 e. The molecule has 2 nitrogen and oxygen atoms in total. The molecule has 0 aromatic carbocycles. The minimum atomic E-state index is -0.214. The molecule has 1 atom stereocenters. The lowest BCUT2D eigenvalue weighted by Crippen LogP contribution is -2.46. The van der Waals surface area contributed by atoms with Crippen molar-refractivity contribution >= 4 is 5.78 Å². The van der Waals surface area contributed by atoms with Crippen LogP contribution in [0, 0.1) is 12.3 Å². The molecule has 1 saturated heterocycles. The first-order valence-electron chi connectivity index (χ1n) is 5.47. The van der Waals surface area contributed by atoms with Crippen LogP contribution < -0.4 is 5.32 Å². The SMILES string of the molecule is C#CCCCC(=O)C1(CC)CCCN1. The van der Waals surface area contributed by atoms with Gasteiger partial charge in [0.2, 0.25) is 0 Å². The minimum absolute atomic E-state index is 0.214. The van der Waals surface area contributed by atoms with Crippen LogP contribution >= 0.6 is 0 Å². The van der Waals surface area contributed by atoms with Gasteiger partial charge in [-0.3, -0.25) is 4.79 Å². The number of hydrogen-bond acceptors (Lipinski definition) is 2. The Bertz CT molecular complexity index is 233. The summed E-state index contributed by atoms with van der Waals surface area (Å²) < 4.78 is 0. The molecule has 78 valence electrons. The molecule has 0 spiro atoms. The quantitative estimate of drug-likeness (QED) is 0.533. The van der Waals surface area contributed by atoms with Crippen LogP contribution in [0.15, 0.2) is 0 Å². The van der Waals surface area contributed by atoms with Crippen molar-refractivity contribution in [2.75, 3.05) is 6.54 Å². The van der Waals surface area contributed by atoms with Crippen LogP contribution in [0.5, 0.6) is 0 Å². The van der Waals surface area contributed by atoms with E-state index < -0.39 is 0 Å². The van der Waals surface area contributed by atoms with E-state index in [2.05, 4.69) is 18.2 Å². The third kappa shape index (κ3) is 2.36. The van der Waals surface area contributed by atoms with Crippen molar-refractivity contribution in [3.63, 3.8) is 0 Å². The second-order valence-electron chi connectivity index (χ2n) is 3.95. The highest BCUT2D eigenvalue weighted by Gasteiger charge is 2.37. The summed E-state index contributed by atoms with van der Waals surface area (Å²) >= 11 is 0. The molecule has 0 aliphatic carbocycles. The highest BCUT2D eigenvalue weighted by molar-refractivity contribution is 5.88. The average Bonchev–Trinajstić information content (AvgIpc) is 2.67. The van der Waals surface area contributed by atoms with Gasteiger partial charge in [0.1, 0.15) is 0 Å².